The molecule has 2 atom stereocenters. The molecule has 4 nitrogen and oxygen atoms in total. The molecule has 0 aromatic heterocycles. The van der Waals surface area contributed by atoms with Crippen LogP contribution in [-0.2, 0) is 46.7 Å². The standard InChI is InChI=1S/C56H38O4.2FH.Ti/c1-54(43-24-12-18-33-13-2-7-19-38(33)43)59-52(55(57)44-29-25-34-14-3-8-20-39(34)48(44)49-40-21-9-4-15-35(40)26-30-45(49)55)53(60-54)56(58)46-31-27-36-16-5-10-22-41(36)50(46)51-42-23-11-6-17-37(42)28-32-47(51)56;;;/h2-32,52-53,57-58H,1H3;2*1H;/q;;;+2/p-2/t52-,53-;;;/m1.../s1. The molecule has 0 saturated carbocycles. The van der Waals surface area contributed by atoms with Gasteiger partial charge in [-0.2, -0.15) is 0 Å². The summed E-state index contributed by atoms with van der Waals surface area (Å²) in [6.45, 7) is 1.95. The average molecular weight is 861 g/mol. The minimum absolute atomic E-state index is 0.729. The van der Waals surface area contributed by atoms with Crippen LogP contribution in [0.15, 0.2) is 188 Å². The fraction of sp³-hybridized carbons (Fsp3) is 0.107. The molecular weight excluding hydrogens is 822 g/mol. The summed E-state index contributed by atoms with van der Waals surface area (Å²) >= 11 is -2.50. The Morgan fingerprint density at radius 2 is 0.635 bits per heavy atom. The summed E-state index contributed by atoms with van der Waals surface area (Å²) in [5.41, 5.74) is 4.10. The van der Waals surface area contributed by atoms with E-state index in [4.69, 9.17) is 9.47 Å². The first-order valence-corrected chi connectivity index (χ1v) is 22.3. The molecule has 3 aliphatic rings. The van der Waals surface area contributed by atoms with E-state index in [-0.39, 0.29) is 0 Å². The Kier molecular flexibility index (Phi) is 8.70. The van der Waals surface area contributed by atoms with Gasteiger partial charge in [0.15, 0.2) is 5.79 Å². The Bertz CT molecular complexity index is 3150. The summed E-state index contributed by atoms with van der Waals surface area (Å²) < 4.78 is 34.6. The molecule has 0 amide bonds. The van der Waals surface area contributed by atoms with E-state index < -0.39 is 49.4 Å². The molecule has 1 saturated heterocycles. The number of hydrogen-bond acceptors (Lipinski definition) is 4. The Hall–Kier alpha value is -6.09. The first kappa shape index (κ1) is 38.6. The van der Waals surface area contributed by atoms with Crippen LogP contribution in [0.2, 0.25) is 0 Å². The van der Waals surface area contributed by atoms with Crippen molar-refractivity contribution in [2.24, 2.45) is 0 Å². The minimum atomic E-state index is -2.50. The van der Waals surface area contributed by atoms with E-state index in [1.807, 2.05) is 31.2 Å². The predicted octanol–water partition coefficient (Wildman–Crippen LogP) is 13.1. The molecule has 10 aromatic rings. The fourth-order valence-electron chi connectivity index (χ4n) is 11.3. The molecule has 1 fully saturated rings. The van der Waals surface area contributed by atoms with Crippen LogP contribution in [-0.4, -0.2) is 22.4 Å². The molecular formula is C56H38F2O4Ti. The summed E-state index contributed by atoms with van der Waals surface area (Å²) in [7, 11) is 0. The monoisotopic (exact) mass is 860 g/mol. The van der Waals surface area contributed by atoms with Crippen molar-refractivity contribution in [1.29, 1.82) is 0 Å². The van der Waals surface area contributed by atoms with E-state index in [9.17, 15) is 16.4 Å². The third-order valence-electron chi connectivity index (χ3n) is 13.9. The molecule has 0 bridgehead atoms. The zero-order valence-corrected chi connectivity index (χ0v) is 35.6. The Labute approximate surface area is 372 Å². The van der Waals surface area contributed by atoms with E-state index in [1.165, 1.54) is 0 Å². The normalized spacial score (nSPS) is 18.5. The number of fused-ring (bicyclic) bond motifs is 15. The summed E-state index contributed by atoms with van der Waals surface area (Å²) in [4.78, 5) is 0. The summed E-state index contributed by atoms with van der Waals surface area (Å²) in [5, 5.41) is 39.1. The summed E-state index contributed by atoms with van der Waals surface area (Å²) in [6, 6.07) is 64.5. The second-order valence-corrected chi connectivity index (χ2v) is 17.2. The quantitative estimate of drug-likeness (QED) is 0.174. The molecule has 63 heavy (non-hydrogen) atoms. The SMILES string of the molecule is CC1(c2cccc3ccccc23)O[C@@H](C2(O)c3ccc4ccccc4c3-c3c2ccc2ccccc32)[C@H](C2(O)c3ccc4ccccc4c3-c3c2ccc2ccccc32)O1.[F][Ti][F]. The summed E-state index contributed by atoms with van der Waals surface area (Å²) in [6.07, 6.45) is -2.21. The number of halogens is 2. The molecule has 1 heterocycles. The molecule has 7 heteroatoms. The Balaban J connectivity index is 0.00000137. The van der Waals surface area contributed by atoms with Crippen LogP contribution in [0.1, 0.15) is 34.7 Å². The van der Waals surface area contributed by atoms with Crippen LogP contribution in [0, 0.1) is 0 Å². The molecule has 2 aliphatic carbocycles. The number of ether oxygens (including phenoxy) is 2. The molecule has 2 N–H and O–H groups in total. The van der Waals surface area contributed by atoms with Gasteiger partial charge in [-0.3, -0.25) is 0 Å². The van der Waals surface area contributed by atoms with Crippen molar-refractivity contribution in [3.8, 4) is 22.3 Å². The zero-order chi connectivity index (χ0) is 42.7. The molecule has 0 radical (unpaired) electrons. The van der Waals surface area contributed by atoms with Gasteiger partial charge in [0.2, 0.25) is 0 Å². The van der Waals surface area contributed by atoms with Crippen LogP contribution in [0.3, 0.4) is 0 Å². The third-order valence-corrected chi connectivity index (χ3v) is 13.9. The molecule has 1 aliphatic heterocycles. The molecule has 0 spiro atoms. The van der Waals surface area contributed by atoms with Gasteiger partial charge < -0.3 is 19.7 Å². The van der Waals surface area contributed by atoms with Gasteiger partial charge in [0.05, 0.1) is 0 Å². The Morgan fingerprint density at radius 1 is 0.365 bits per heavy atom. The number of hydrogen-bond donors (Lipinski definition) is 2. The molecule has 304 valence electrons. The van der Waals surface area contributed by atoms with Crippen LogP contribution in [0.4, 0.5) is 6.18 Å². The van der Waals surface area contributed by atoms with Crippen molar-refractivity contribution >= 4 is 53.9 Å². The number of rotatable bonds is 3. The van der Waals surface area contributed by atoms with Gasteiger partial charge in [0, 0.05) is 5.56 Å². The van der Waals surface area contributed by atoms with Crippen molar-refractivity contribution in [3.63, 3.8) is 0 Å². The van der Waals surface area contributed by atoms with Gasteiger partial charge in [-0.25, -0.2) is 0 Å². The fourth-order valence-corrected chi connectivity index (χ4v) is 11.3. The van der Waals surface area contributed by atoms with Crippen LogP contribution < -0.4 is 0 Å². The van der Waals surface area contributed by atoms with Crippen molar-refractivity contribution in [3.05, 3.63) is 216 Å². The average Bonchev–Trinajstić information content (AvgIpc) is 3.94. The van der Waals surface area contributed by atoms with E-state index in [2.05, 4.69) is 164 Å². The van der Waals surface area contributed by atoms with E-state index in [0.29, 0.717) is 0 Å². The predicted molar refractivity (Wildman–Crippen MR) is 243 cm³/mol. The van der Waals surface area contributed by atoms with Crippen molar-refractivity contribution in [2.75, 3.05) is 0 Å². The van der Waals surface area contributed by atoms with Gasteiger partial charge in [-0.15, -0.1) is 0 Å². The summed E-state index contributed by atoms with van der Waals surface area (Å²) in [5.74, 6) is -1.39. The number of aliphatic hydroxyl groups is 2. The Morgan fingerprint density at radius 3 is 0.968 bits per heavy atom. The van der Waals surface area contributed by atoms with E-state index in [0.717, 1.165) is 104 Å². The first-order chi connectivity index (χ1) is 30.8. The van der Waals surface area contributed by atoms with Crippen LogP contribution >= 0.6 is 0 Å². The van der Waals surface area contributed by atoms with Gasteiger partial charge in [-0.1, -0.05) is 188 Å². The van der Waals surface area contributed by atoms with Gasteiger partial charge in [-0.05, 0) is 105 Å². The van der Waals surface area contributed by atoms with Gasteiger partial charge >= 0.3 is 26.4 Å². The van der Waals surface area contributed by atoms with Crippen molar-refractivity contribution < 1.29 is 46.1 Å². The maximum absolute atomic E-state index is 14.3. The zero-order valence-electron chi connectivity index (χ0n) is 34.0. The van der Waals surface area contributed by atoms with E-state index >= 15 is 0 Å². The van der Waals surface area contributed by atoms with Gasteiger partial charge in [0.1, 0.15) is 23.4 Å². The van der Waals surface area contributed by atoms with Crippen molar-refractivity contribution in [1.82, 2.24) is 0 Å². The number of benzene rings is 10. The van der Waals surface area contributed by atoms with Crippen molar-refractivity contribution in [2.45, 2.75) is 36.1 Å². The topological polar surface area (TPSA) is 58.9 Å². The maximum atomic E-state index is 14.3. The second-order valence-electron chi connectivity index (χ2n) is 17.0. The third kappa shape index (κ3) is 5.31. The van der Waals surface area contributed by atoms with Crippen LogP contribution in [0.25, 0.3) is 76.1 Å². The molecule has 0 unspecified atom stereocenters. The van der Waals surface area contributed by atoms with Crippen LogP contribution in [0.5, 0.6) is 0 Å². The van der Waals surface area contributed by atoms with E-state index in [1.54, 1.807) is 0 Å². The molecule has 13 rings (SSSR count). The second kappa shape index (κ2) is 14.2. The molecule has 10 aromatic carbocycles. The van der Waals surface area contributed by atoms with Gasteiger partial charge in [0.25, 0.3) is 0 Å². The first-order valence-electron chi connectivity index (χ1n) is 21.1.